The van der Waals surface area contributed by atoms with Crippen LogP contribution in [0, 0.1) is 5.41 Å². The molecule has 0 aromatic rings. The van der Waals surface area contributed by atoms with Gasteiger partial charge in [0.15, 0.2) is 0 Å². The Hall–Kier alpha value is -0.0800. The lowest BCUT2D eigenvalue weighted by atomic mass is 9.72. The Morgan fingerprint density at radius 1 is 1.09 bits per heavy atom. The third-order valence-electron chi connectivity index (χ3n) is 3.67. The number of rotatable bonds is 1. The predicted molar refractivity (Wildman–Crippen MR) is 44.1 cm³/mol. The van der Waals surface area contributed by atoms with Crippen LogP contribution < -0.4 is 5.73 Å². The van der Waals surface area contributed by atoms with E-state index in [1.807, 2.05) is 0 Å². The van der Waals surface area contributed by atoms with E-state index >= 15 is 0 Å². The molecule has 0 heterocycles. The zero-order chi connectivity index (χ0) is 7.95. The number of hydrogen-bond donors (Lipinski definition) is 2. The Bertz CT molecular complexity index is 165. The number of nitrogens with two attached hydrogens (primary N) is 1. The molecule has 0 radical (unpaired) electrons. The van der Waals surface area contributed by atoms with Crippen molar-refractivity contribution in [3.63, 3.8) is 0 Å². The van der Waals surface area contributed by atoms with Crippen molar-refractivity contribution in [3.8, 4) is 0 Å². The van der Waals surface area contributed by atoms with Gasteiger partial charge in [0.2, 0.25) is 0 Å². The highest BCUT2D eigenvalue weighted by molar-refractivity contribution is 5.10. The molecule has 64 valence electrons. The minimum absolute atomic E-state index is 0.264. The van der Waals surface area contributed by atoms with Gasteiger partial charge in [0.1, 0.15) is 0 Å². The minimum atomic E-state index is -0.495. The lowest BCUT2D eigenvalue weighted by Crippen LogP contribution is -2.48. The van der Waals surface area contributed by atoms with Crippen LogP contribution in [0.25, 0.3) is 0 Å². The molecule has 2 aliphatic carbocycles. The van der Waals surface area contributed by atoms with Gasteiger partial charge >= 0.3 is 0 Å². The van der Waals surface area contributed by atoms with Crippen LogP contribution in [0.4, 0.5) is 0 Å². The zero-order valence-corrected chi connectivity index (χ0v) is 6.97. The molecule has 2 saturated carbocycles. The summed E-state index contributed by atoms with van der Waals surface area (Å²) in [5.74, 6) is 0. The van der Waals surface area contributed by atoms with Gasteiger partial charge in [-0.3, -0.25) is 0 Å². The molecular formula is C9H17NO. The first kappa shape index (κ1) is 7.56. The first-order chi connectivity index (χ1) is 5.22. The third-order valence-corrected chi connectivity index (χ3v) is 3.67. The topological polar surface area (TPSA) is 46.2 Å². The van der Waals surface area contributed by atoms with E-state index in [0.29, 0.717) is 6.54 Å². The quantitative estimate of drug-likeness (QED) is 0.594. The molecule has 0 aromatic heterocycles. The second-order valence-electron chi connectivity index (χ2n) is 4.22. The van der Waals surface area contributed by atoms with E-state index in [4.69, 9.17) is 5.73 Å². The summed E-state index contributed by atoms with van der Waals surface area (Å²) in [4.78, 5) is 0. The van der Waals surface area contributed by atoms with Gasteiger partial charge in [-0.25, -0.2) is 0 Å². The van der Waals surface area contributed by atoms with Crippen molar-refractivity contribution in [2.75, 3.05) is 6.54 Å². The lowest BCUT2D eigenvalue weighted by molar-refractivity contribution is -0.0548. The predicted octanol–water partition coefficient (Wildman–Crippen LogP) is 1.03. The van der Waals surface area contributed by atoms with Gasteiger partial charge in [0.25, 0.3) is 0 Å². The first-order valence-corrected chi connectivity index (χ1v) is 4.65. The van der Waals surface area contributed by atoms with Crippen molar-refractivity contribution < 1.29 is 5.11 Å². The average Bonchev–Trinajstić information content (AvgIpc) is 2.78. The van der Waals surface area contributed by atoms with Crippen LogP contribution >= 0.6 is 0 Å². The highest BCUT2D eigenvalue weighted by Crippen LogP contribution is 2.61. The van der Waals surface area contributed by atoms with Crippen molar-refractivity contribution in [1.29, 1.82) is 0 Å². The van der Waals surface area contributed by atoms with Gasteiger partial charge in [-0.05, 0) is 25.7 Å². The van der Waals surface area contributed by atoms with Crippen molar-refractivity contribution >= 4 is 0 Å². The summed E-state index contributed by atoms with van der Waals surface area (Å²) in [7, 11) is 0. The van der Waals surface area contributed by atoms with E-state index in [0.717, 1.165) is 12.8 Å². The fourth-order valence-corrected chi connectivity index (χ4v) is 2.56. The molecule has 0 saturated heterocycles. The van der Waals surface area contributed by atoms with Crippen molar-refractivity contribution in [2.24, 2.45) is 11.1 Å². The molecule has 0 aromatic carbocycles. The summed E-state index contributed by atoms with van der Waals surface area (Å²) >= 11 is 0. The first-order valence-electron chi connectivity index (χ1n) is 4.65. The molecule has 1 unspecified atom stereocenters. The molecule has 3 N–H and O–H groups in total. The maximum absolute atomic E-state index is 10.1. The molecule has 2 heteroatoms. The van der Waals surface area contributed by atoms with Gasteiger partial charge in [-0.2, -0.15) is 0 Å². The van der Waals surface area contributed by atoms with Gasteiger partial charge in [0.05, 0.1) is 5.60 Å². The summed E-state index contributed by atoms with van der Waals surface area (Å²) in [5, 5.41) is 10.1. The lowest BCUT2D eigenvalue weighted by Gasteiger charge is -2.39. The second kappa shape index (κ2) is 2.20. The molecular weight excluding hydrogens is 138 g/mol. The van der Waals surface area contributed by atoms with E-state index in [9.17, 15) is 5.11 Å². The highest BCUT2D eigenvalue weighted by Gasteiger charge is 2.58. The third kappa shape index (κ3) is 0.926. The Balaban J connectivity index is 2.15. The standard InChI is InChI=1S/C9H17NO/c10-7-9(11)4-2-1-3-8(9)5-6-8/h11H,1-7,10H2. The fraction of sp³-hybridized carbons (Fsp3) is 1.00. The van der Waals surface area contributed by atoms with E-state index in [1.54, 1.807) is 0 Å². The Morgan fingerprint density at radius 2 is 1.73 bits per heavy atom. The van der Waals surface area contributed by atoms with Crippen LogP contribution in [0.1, 0.15) is 38.5 Å². The van der Waals surface area contributed by atoms with Crippen LogP contribution in [0.2, 0.25) is 0 Å². The molecule has 11 heavy (non-hydrogen) atoms. The average molecular weight is 155 g/mol. The molecule has 0 aliphatic heterocycles. The van der Waals surface area contributed by atoms with Crippen molar-refractivity contribution in [1.82, 2.24) is 0 Å². The smallest absolute Gasteiger partial charge is 0.0825 e. The molecule has 2 fully saturated rings. The fourth-order valence-electron chi connectivity index (χ4n) is 2.56. The maximum Gasteiger partial charge on any atom is 0.0825 e. The van der Waals surface area contributed by atoms with E-state index in [1.165, 1.54) is 25.7 Å². The Morgan fingerprint density at radius 3 is 2.18 bits per heavy atom. The summed E-state index contributed by atoms with van der Waals surface area (Å²) in [5.41, 5.74) is 5.37. The SMILES string of the molecule is NCC1(O)CCCCC12CC2. The van der Waals surface area contributed by atoms with Crippen LogP contribution in [0.3, 0.4) is 0 Å². The largest absolute Gasteiger partial charge is 0.388 e. The van der Waals surface area contributed by atoms with Crippen molar-refractivity contribution in [2.45, 2.75) is 44.1 Å². The van der Waals surface area contributed by atoms with Crippen LogP contribution in [0.5, 0.6) is 0 Å². The molecule has 2 nitrogen and oxygen atoms in total. The maximum atomic E-state index is 10.1. The molecule has 0 bridgehead atoms. The zero-order valence-electron chi connectivity index (χ0n) is 6.97. The Kier molecular flexibility index (Phi) is 1.52. The summed E-state index contributed by atoms with van der Waals surface area (Å²) in [6.45, 7) is 0.465. The molecule has 2 aliphatic rings. The summed E-state index contributed by atoms with van der Waals surface area (Å²) in [6, 6.07) is 0. The molecule has 0 amide bonds. The van der Waals surface area contributed by atoms with Gasteiger partial charge in [-0.15, -0.1) is 0 Å². The monoisotopic (exact) mass is 155 g/mol. The van der Waals surface area contributed by atoms with Crippen LogP contribution in [-0.2, 0) is 0 Å². The normalized spacial score (nSPS) is 40.9. The number of hydrogen-bond acceptors (Lipinski definition) is 2. The molecule has 1 atom stereocenters. The molecule has 2 rings (SSSR count). The van der Waals surface area contributed by atoms with Gasteiger partial charge in [0, 0.05) is 12.0 Å². The van der Waals surface area contributed by atoms with Crippen LogP contribution in [0.15, 0.2) is 0 Å². The van der Waals surface area contributed by atoms with Crippen LogP contribution in [-0.4, -0.2) is 17.3 Å². The summed E-state index contributed by atoms with van der Waals surface area (Å²) < 4.78 is 0. The number of aliphatic hydroxyl groups is 1. The summed E-state index contributed by atoms with van der Waals surface area (Å²) in [6.07, 6.45) is 7.02. The van der Waals surface area contributed by atoms with Crippen molar-refractivity contribution in [3.05, 3.63) is 0 Å². The van der Waals surface area contributed by atoms with E-state index in [-0.39, 0.29) is 5.41 Å². The second-order valence-corrected chi connectivity index (χ2v) is 4.22. The van der Waals surface area contributed by atoms with E-state index in [2.05, 4.69) is 0 Å². The highest BCUT2D eigenvalue weighted by atomic mass is 16.3. The Labute approximate surface area is 67.8 Å². The van der Waals surface area contributed by atoms with E-state index < -0.39 is 5.60 Å². The minimum Gasteiger partial charge on any atom is -0.388 e. The van der Waals surface area contributed by atoms with Gasteiger partial charge < -0.3 is 10.8 Å². The van der Waals surface area contributed by atoms with Gasteiger partial charge in [-0.1, -0.05) is 12.8 Å². The molecule has 1 spiro atoms.